The molecule has 66 valence electrons. The molecule has 0 bridgehead atoms. The van der Waals surface area contributed by atoms with Crippen molar-refractivity contribution in [2.24, 2.45) is 0 Å². The fraction of sp³-hybridized carbons (Fsp3) is 0.250. The van der Waals surface area contributed by atoms with Crippen molar-refractivity contribution in [2.45, 2.75) is 6.42 Å². The van der Waals surface area contributed by atoms with Gasteiger partial charge in [-0.15, -0.1) is 0 Å². The summed E-state index contributed by atoms with van der Waals surface area (Å²) in [6.07, 6.45) is 0.604. The molecule has 4 heteroatoms. The fourth-order valence-electron chi connectivity index (χ4n) is 0.894. The summed E-state index contributed by atoms with van der Waals surface area (Å²) in [4.78, 5) is 0. The van der Waals surface area contributed by atoms with Crippen LogP contribution >= 0.6 is 22.6 Å². The predicted octanol–water partition coefficient (Wildman–Crippen LogP) is 1.71. The molecule has 1 aromatic rings. The van der Waals surface area contributed by atoms with Gasteiger partial charge in [0.2, 0.25) is 0 Å². The fourth-order valence-corrected chi connectivity index (χ4v) is 1.90. The number of hydrogen-bond donors (Lipinski definition) is 0. The first-order chi connectivity index (χ1) is 5.68. The van der Waals surface area contributed by atoms with E-state index < -0.39 is 11.1 Å². The third kappa shape index (κ3) is 3.64. The highest BCUT2D eigenvalue weighted by atomic mass is 127. The van der Waals surface area contributed by atoms with Gasteiger partial charge in [0.1, 0.15) is 0 Å². The van der Waals surface area contributed by atoms with Crippen molar-refractivity contribution in [3.8, 4) is 0 Å². The summed E-state index contributed by atoms with van der Waals surface area (Å²) in [6.45, 7) is 0. The molecular weight excluding hydrogens is 287 g/mol. The van der Waals surface area contributed by atoms with Crippen molar-refractivity contribution >= 4 is 33.7 Å². The van der Waals surface area contributed by atoms with E-state index in [1.54, 1.807) is 0 Å². The maximum absolute atomic E-state index is 10.3. The largest absolute Gasteiger partial charge is 0.772 e. The minimum Gasteiger partial charge on any atom is -0.772 e. The Morgan fingerprint density at radius 2 is 2.25 bits per heavy atom. The molecule has 12 heavy (non-hydrogen) atoms. The van der Waals surface area contributed by atoms with Crippen LogP contribution in [0.25, 0.3) is 0 Å². The van der Waals surface area contributed by atoms with Crippen molar-refractivity contribution in [3.63, 3.8) is 0 Å². The lowest BCUT2D eigenvalue weighted by atomic mass is 10.2. The van der Waals surface area contributed by atoms with E-state index in [1.807, 2.05) is 24.3 Å². The van der Waals surface area contributed by atoms with Crippen molar-refractivity contribution in [1.29, 1.82) is 0 Å². The normalized spacial score (nSPS) is 12.8. The number of halogens is 1. The number of rotatable bonds is 3. The van der Waals surface area contributed by atoms with Crippen LogP contribution in [0.4, 0.5) is 0 Å². The summed E-state index contributed by atoms with van der Waals surface area (Å²) in [6, 6.07) is 7.85. The van der Waals surface area contributed by atoms with Crippen LogP contribution in [-0.4, -0.2) is 14.5 Å². The van der Waals surface area contributed by atoms with Gasteiger partial charge in [-0.25, -0.2) is 0 Å². The molecule has 0 radical (unpaired) electrons. The summed E-state index contributed by atoms with van der Waals surface area (Å²) in [5, 5.41) is 0. The van der Waals surface area contributed by atoms with E-state index in [9.17, 15) is 8.76 Å². The molecule has 0 heterocycles. The SMILES string of the molecule is O=S([O-])CCc1cccc(I)c1. The van der Waals surface area contributed by atoms with E-state index in [0.29, 0.717) is 6.42 Å². The highest BCUT2D eigenvalue weighted by Crippen LogP contribution is 2.08. The van der Waals surface area contributed by atoms with Gasteiger partial charge >= 0.3 is 0 Å². The summed E-state index contributed by atoms with van der Waals surface area (Å²) in [7, 11) is 0. The Bertz CT molecular complexity index is 288. The zero-order chi connectivity index (χ0) is 8.97. The minimum atomic E-state index is -1.93. The average Bonchev–Trinajstić information content (AvgIpc) is 2.01. The molecule has 0 aromatic heterocycles. The van der Waals surface area contributed by atoms with Gasteiger partial charge in [0.15, 0.2) is 0 Å². The van der Waals surface area contributed by atoms with Crippen molar-refractivity contribution < 1.29 is 8.76 Å². The van der Waals surface area contributed by atoms with Crippen LogP contribution in [0, 0.1) is 3.57 Å². The standard InChI is InChI=1S/C8H9IO2S/c9-8-3-1-2-7(6-8)4-5-12(10)11/h1-3,6H,4-5H2,(H,10,11)/p-1. The van der Waals surface area contributed by atoms with E-state index in [-0.39, 0.29) is 5.75 Å². The van der Waals surface area contributed by atoms with Gasteiger partial charge in [0.05, 0.1) is 0 Å². The maximum atomic E-state index is 10.3. The monoisotopic (exact) mass is 295 g/mol. The summed E-state index contributed by atoms with van der Waals surface area (Å²) in [5.41, 5.74) is 1.08. The van der Waals surface area contributed by atoms with Gasteiger partial charge in [-0.2, -0.15) is 0 Å². The lowest BCUT2D eigenvalue weighted by molar-refractivity contribution is 0.536. The Morgan fingerprint density at radius 3 is 2.83 bits per heavy atom. The van der Waals surface area contributed by atoms with E-state index in [2.05, 4.69) is 22.6 Å². The van der Waals surface area contributed by atoms with Crippen LogP contribution in [0.5, 0.6) is 0 Å². The van der Waals surface area contributed by atoms with E-state index in [1.165, 1.54) is 0 Å². The van der Waals surface area contributed by atoms with Crippen molar-refractivity contribution in [3.05, 3.63) is 33.4 Å². The van der Waals surface area contributed by atoms with Crippen molar-refractivity contribution in [2.75, 3.05) is 5.75 Å². The second-order valence-electron chi connectivity index (χ2n) is 2.39. The van der Waals surface area contributed by atoms with Crippen LogP contribution in [0.2, 0.25) is 0 Å². The van der Waals surface area contributed by atoms with Gasteiger partial charge in [0.25, 0.3) is 0 Å². The molecule has 0 aliphatic rings. The molecule has 1 unspecified atom stereocenters. The highest BCUT2D eigenvalue weighted by molar-refractivity contribution is 14.1. The number of aryl methyl sites for hydroxylation is 1. The summed E-state index contributed by atoms with van der Waals surface area (Å²) >= 11 is 0.283. The summed E-state index contributed by atoms with van der Waals surface area (Å²) in [5.74, 6) is 0.208. The van der Waals surface area contributed by atoms with Crippen LogP contribution < -0.4 is 0 Å². The molecule has 1 aromatic carbocycles. The number of hydrogen-bond acceptors (Lipinski definition) is 2. The Kier molecular flexibility index (Phi) is 4.17. The first-order valence-electron chi connectivity index (χ1n) is 3.49. The molecule has 2 nitrogen and oxygen atoms in total. The maximum Gasteiger partial charge on any atom is 0.0142 e. The van der Waals surface area contributed by atoms with Gasteiger partial charge in [-0.05, 0) is 46.7 Å². The van der Waals surface area contributed by atoms with Gasteiger partial charge in [-0.1, -0.05) is 23.2 Å². The second-order valence-corrected chi connectivity index (χ2v) is 4.65. The van der Waals surface area contributed by atoms with Crippen LogP contribution in [0.15, 0.2) is 24.3 Å². The zero-order valence-corrected chi connectivity index (χ0v) is 9.30. The third-order valence-electron chi connectivity index (χ3n) is 1.45. The molecule has 1 rings (SSSR count). The Morgan fingerprint density at radius 1 is 1.50 bits per heavy atom. The minimum absolute atomic E-state index is 0.208. The molecule has 0 aliphatic carbocycles. The molecule has 0 saturated heterocycles. The van der Waals surface area contributed by atoms with Crippen LogP contribution in [0.3, 0.4) is 0 Å². The predicted molar refractivity (Wildman–Crippen MR) is 56.6 cm³/mol. The topological polar surface area (TPSA) is 40.1 Å². The highest BCUT2D eigenvalue weighted by Gasteiger charge is 1.93. The molecule has 1 atom stereocenters. The van der Waals surface area contributed by atoms with Crippen LogP contribution in [-0.2, 0) is 17.5 Å². The Hall–Kier alpha value is 0.0600. The lowest BCUT2D eigenvalue weighted by Crippen LogP contribution is -1.99. The lowest BCUT2D eigenvalue weighted by Gasteiger charge is -2.04. The number of benzene rings is 1. The molecule has 0 aliphatic heterocycles. The molecule has 0 fully saturated rings. The van der Waals surface area contributed by atoms with Gasteiger partial charge in [0, 0.05) is 9.32 Å². The molecule has 0 spiro atoms. The Balaban J connectivity index is 2.57. The average molecular weight is 295 g/mol. The molecule has 0 N–H and O–H groups in total. The zero-order valence-electron chi connectivity index (χ0n) is 6.33. The molecular formula is C8H8IO2S-. The first kappa shape index (κ1) is 10.1. The third-order valence-corrected chi connectivity index (χ3v) is 2.65. The summed E-state index contributed by atoms with van der Waals surface area (Å²) < 4.78 is 21.7. The smallest absolute Gasteiger partial charge is 0.0142 e. The second kappa shape index (κ2) is 4.94. The quantitative estimate of drug-likeness (QED) is 0.629. The van der Waals surface area contributed by atoms with Gasteiger partial charge in [-0.3, -0.25) is 4.21 Å². The van der Waals surface area contributed by atoms with Gasteiger partial charge < -0.3 is 4.55 Å². The first-order valence-corrected chi connectivity index (χ1v) is 5.81. The molecule has 0 saturated carbocycles. The van der Waals surface area contributed by atoms with E-state index in [4.69, 9.17) is 0 Å². The van der Waals surface area contributed by atoms with E-state index >= 15 is 0 Å². The van der Waals surface area contributed by atoms with Crippen LogP contribution in [0.1, 0.15) is 5.56 Å². The Labute approximate surface area is 87.8 Å². The van der Waals surface area contributed by atoms with Crippen molar-refractivity contribution in [1.82, 2.24) is 0 Å². The van der Waals surface area contributed by atoms with E-state index in [0.717, 1.165) is 9.13 Å². The molecule has 0 amide bonds.